The van der Waals surface area contributed by atoms with Crippen molar-refractivity contribution in [3.63, 3.8) is 0 Å². The van der Waals surface area contributed by atoms with Crippen LogP contribution >= 0.6 is 0 Å². The molecule has 98 valence electrons. The zero-order chi connectivity index (χ0) is 12.7. The van der Waals surface area contributed by atoms with Gasteiger partial charge in [-0.3, -0.25) is 9.80 Å². The fourth-order valence-corrected chi connectivity index (χ4v) is 1.77. The van der Waals surface area contributed by atoms with Gasteiger partial charge in [-0.1, -0.05) is 11.8 Å². The summed E-state index contributed by atoms with van der Waals surface area (Å²) in [6, 6.07) is 0. The van der Waals surface area contributed by atoms with E-state index in [0.29, 0.717) is 0 Å². The van der Waals surface area contributed by atoms with Crippen LogP contribution in [-0.2, 0) is 0 Å². The molecule has 0 spiro atoms. The van der Waals surface area contributed by atoms with E-state index in [0.717, 1.165) is 32.7 Å². The summed E-state index contributed by atoms with van der Waals surface area (Å²) in [5, 5.41) is 3.38. The van der Waals surface area contributed by atoms with Crippen LogP contribution < -0.4 is 5.32 Å². The van der Waals surface area contributed by atoms with Crippen LogP contribution in [0, 0.1) is 17.3 Å². The van der Waals surface area contributed by atoms with Gasteiger partial charge >= 0.3 is 0 Å². The third-order valence-corrected chi connectivity index (χ3v) is 2.82. The number of nitrogens with one attached hydrogen (secondary N) is 1. The average molecular weight is 237 g/mol. The van der Waals surface area contributed by atoms with Crippen LogP contribution in [0.1, 0.15) is 20.8 Å². The lowest BCUT2D eigenvalue weighted by Crippen LogP contribution is -2.45. The molecule has 3 heteroatoms. The first-order valence-corrected chi connectivity index (χ1v) is 6.59. The maximum atomic E-state index is 3.38. The van der Waals surface area contributed by atoms with Gasteiger partial charge in [-0.15, -0.1) is 0 Å². The van der Waals surface area contributed by atoms with Crippen molar-refractivity contribution in [2.75, 3.05) is 52.9 Å². The van der Waals surface area contributed by atoms with E-state index in [1.54, 1.807) is 0 Å². The summed E-state index contributed by atoms with van der Waals surface area (Å²) in [5.41, 5.74) is 0.124. The van der Waals surface area contributed by atoms with E-state index in [2.05, 4.69) is 54.8 Å². The van der Waals surface area contributed by atoms with Gasteiger partial charge in [-0.05, 0) is 27.8 Å². The second-order valence-corrected chi connectivity index (χ2v) is 5.88. The molecule has 17 heavy (non-hydrogen) atoms. The fourth-order valence-electron chi connectivity index (χ4n) is 1.77. The quantitative estimate of drug-likeness (QED) is 0.732. The van der Waals surface area contributed by atoms with Gasteiger partial charge in [0.25, 0.3) is 0 Å². The summed E-state index contributed by atoms with van der Waals surface area (Å²) in [5.74, 6) is 6.53. The van der Waals surface area contributed by atoms with Crippen molar-refractivity contribution in [2.45, 2.75) is 20.8 Å². The molecule has 1 aliphatic rings. The van der Waals surface area contributed by atoms with Crippen molar-refractivity contribution in [3.05, 3.63) is 0 Å². The van der Waals surface area contributed by atoms with Gasteiger partial charge in [0.1, 0.15) is 0 Å². The SMILES string of the molecule is CN(CC#CC(C)(C)C)CCN1CCNCC1. The van der Waals surface area contributed by atoms with Gasteiger partial charge in [-0.25, -0.2) is 0 Å². The van der Waals surface area contributed by atoms with Crippen LogP contribution in [0.5, 0.6) is 0 Å². The maximum absolute atomic E-state index is 3.38. The van der Waals surface area contributed by atoms with E-state index in [9.17, 15) is 0 Å². The van der Waals surface area contributed by atoms with Gasteiger partial charge in [0.2, 0.25) is 0 Å². The Balaban J connectivity index is 2.15. The zero-order valence-corrected chi connectivity index (χ0v) is 11.8. The molecule has 1 heterocycles. The topological polar surface area (TPSA) is 18.5 Å². The molecule has 0 bridgehead atoms. The fraction of sp³-hybridized carbons (Fsp3) is 0.857. The summed E-state index contributed by atoms with van der Waals surface area (Å²) in [4.78, 5) is 4.82. The Bertz CT molecular complexity index is 263. The highest BCUT2D eigenvalue weighted by molar-refractivity contribution is 5.08. The van der Waals surface area contributed by atoms with Crippen LogP contribution in [0.3, 0.4) is 0 Å². The van der Waals surface area contributed by atoms with Gasteiger partial charge in [0.15, 0.2) is 0 Å². The highest BCUT2D eigenvalue weighted by Gasteiger charge is 2.09. The van der Waals surface area contributed by atoms with Gasteiger partial charge in [0.05, 0.1) is 6.54 Å². The van der Waals surface area contributed by atoms with E-state index < -0.39 is 0 Å². The van der Waals surface area contributed by atoms with E-state index >= 15 is 0 Å². The molecule has 0 aliphatic carbocycles. The first kappa shape index (κ1) is 14.5. The molecule has 0 radical (unpaired) electrons. The summed E-state index contributed by atoms with van der Waals surface area (Å²) >= 11 is 0. The molecule has 1 aliphatic heterocycles. The van der Waals surface area contributed by atoms with Gasteiger partial charge < -0.3 is 5.32 Å². The minimum absolute atomic E-state index is 0.124. The standard InChI is InChI=1S/C14H27N3/c1-14(2,3)6-5-9-16(4)12-13-17-10-7-15-8-11-17/h15H,7-13H2,1-4H3. The zero-order valence-electron chi connectivity index (χ0n) is 11.8. The highest BCUT2D eigenvalue weighted by Crippen LogP contribution is 2.09. The molecule has 0 atom stereocenters. The highest BCUT2D eigenvalue weighted by atomic mass is 15.2. The van der Waals surface area contributed by atoms with Crippen molar-refractivity contribution in [3.8, 4) is 11.8 Å². The van der Waals surface area contributed by atoms with Crippen LogP contribution in [-0.4, -0.2) is 62.7 Å². The Morgan fingerprint density at radius 2 is 1.88 bits per heavy atom. The lowest BCUT2D eigenvalue weighted by atomic mass is 9.98. The monoisotopic (exact) mass is 237 g/mol. The van der Waals surface area contributed by atoms with E-state index in [1.807, 2.05) is 0 Å². The Kier molecular flexibility index (Phi) is 5.97. The summed E-state index contributed by atoms with van der Waals surface area (Å²) in [6.07, 6.45) is 0. The summed E-state index contributed by atoms with van der Waals surface area (Å²) in [6.45, 7) is 14.2. The molecule has 1 fully saturated rings. The van der Waals surface area contributed by atoms with Crippen LogP contribution in [0.15, 0.2) is 0 Å². The lowest BCUT2D eigenvalue weighted by molar-refractivity contribution is 0.212. The van der Waals surface area contributed by atoms with Crippen molar-refractivity contribution in [1.82, 2.24) is 15.1 Å². The first-order valence-electron chi connectivity index (χ1n) is 6.59. The lowest BCUT2D eigenvalue weighted by Gasteiger charge is -2.28. The molecule has 0 aromatic carbocycles. The molecule has 0 saturated carbocycles. The smallest absolute Gasteiger partial charge is 0.0599 e. The molecular formula is C14H27N3. The van der Waals surface area contributed by atoms with Crippen molar-refractivity contribution in [2.24, 2.45) is 5.41 Å². The maximum Gasteiger partial charge on any atom is 0.0599 e. The second kappa shape index (κ2) is 7.00. The van der Waals surface area contributed by atoms with Crippen molar-refractivity contribution < 1.29 is 0 Å². The van der Waals surface area contributed by atoms with Gasteiger partial charge in [-0.2, -0.15) is 0 Å². The second-order valence-electron chi connectivity index (χ2n) is 5.88. The molecule has 0 unspecified atom stereocenters. The normalized spacial score (nSPS) is 17.9. The molecular weight excluding hydrogens is 210 g/mol. The average Bonchev–Trinajstić information content (AvgIpc) is 2.26. The Labute approximate surface area is 107 Å². The van der Waals surface area contributed by atoms with E-state index in [1.165, 1.54) is 13.1 Å². The summed E-state index contributed by atoms with van der Waals surface area (Å²) < 4.78 is 0. The third-order valence-electron chi connectivity index (χ3n) is 2.82. The minimum Gasteiger partial charge on any atom is -0.314 e. The Morgan fingerprint density at radius 3 is 2.47 bits per heavy atom. The molecule has 1 rings (SSSR count). The molecule has 1 N–H and O–H groups in total. The number of piperazine rings is 1. The summed E-state index contributed by atoms with van der Waals surface area (Å²) in [7, 11) is 2.15. The van der Waals surface area contributed by atoms with E-state index in [4.69, 9.17) is 0 Å². The number of hydrogen-bond donors (Lipinski definition) is 1. The van der Waals surface area contributed by atoms with Gasteiger partial charge in [0, 0.05) is 44.7 Å². The van der Waals surface area contributed by atoms with Crippen molar-refractivity contribution in [1.29, 1.82) is 0 Å². The number of hydrogen-bond acceptors (Lipinski definition) is 3. The number of rotatable bonds is 4. The predicted molar refractivity (Wildman–Crippen MR) is 74.0 cm³/mol. The van der Waals surface area contributed by atoms with Crippen molar-refractivity contribution >= 4 is 0 Å². The van der Waals surface area contributed by atoms with Crippen LogP contribution in [0.25, 0.3) is 0 Å². The number of likely N-dealkylation sites (N-methyl/N-ethyl adjacent to an activating group) is 1. The van der Waals surface area contributed by atoms with Crippen LogP contribution in [0.2, 0.25) is 0 Å². The van der Waals surface area contributed by atoms with Crippen LogP contribution in [0.4, 0.5) is 0 Å². The number of nitrogens with zero attached hydrogens (tertiary/aromatic N) is 2. The molecule has 0 amide bonds. The molecule has 0 aromatic rings. The Hall–Kier alpha value is -0.560. The van der Waals surface area contributed by atoms with E-state index in [-0.39, 0.29) is 5.41 Å². The molecule has 3 nitrogen and oxygen atoms in total. The predicted octanol–water partition coefficient (Wildman–Crippen LogP) is 0.873. The Morgan fingerprint density at radius 1 is 1.24 bits per heavy atom. The third kappa shape index (κ3) is 7.38. The molecule has 1 saturated heterocycles. The first-order chi connectivity index (χ1) is 7.97. The minimum atomic E-state index is 0.124. The largest absolute Gasteiger partial charge is 0.314 e. The molecule has 0 aromatic heterocycles.